The van der Waals surface area contributed by atoms with Crippen molar-refractivity contribution in [3.63, 3.8) is 0 Å². The number of halogens is 3. The number of rotatable bonds is 4. The lowest BCUT2D eigenvalue weighted by atomic mass is 9.94. The highest BCUT2D eigenvalue weighted by atomic mass is 35.5. The number of nitrogens with one attached hydrogen (secondary N) is 1. The van der Waals surface area contributed by atoms with Crippen molar-refractivity contribution in [1.29, 1.82) is 0 Å². The predicted octanol–water partition coefficient (Wildman–Crippen LogP) is 4.54. The number of carbonyl (C=O) groups is 1. The van der Waals surface area contributed by atoms with Gasteiger partial charge >= 0.3 is 0 Å². The Labute approximate surface area is 173 Å². The van der Waals surface area contributed by atoms with E-state index in [0.717, 1.165) is 12.5 Å². The molecule has 0 radical (unpaired) electrons. The van der Waals surface area contributed by atoms with Crippen molar-refractivity contribution >= 4 is 33.2 Å². The number of benzene rings is 2. The Morgan fingerprint density at radius 2 is 1.62 bits per heavy atom. The number of piperidine rings is 1. The summed E-state index contributed by atoms with van der Waals surface area (Å²) < 4.78 is 53.8. The predicted molar refractivity (Wildman–Crippen MR) is 107 cm³/mol. The fourth-order valence-corrected chi connectivity index (χ4v) is 5.47. The molecule has 1 amide bonds. The molecule has 2 aromatic carbocycles. The van der Waals surface area contributed by atoms with Crippen molar-refractivity contribution in [2.45, 2.75) is 25.2 Å². The fourth-order valence-electron chi connectivity index (χ4n) is 3.56. The molecule has 29 heavy (non-hydrogen) atoms. The molecule has 2 aromatic rings. The van der Waals surface area contributed by atoms with Crippen molar-refractivity contribution < 1.29 is 22.0 Å². The molecule has 0 aliphatic carbocycles. The Morgan fingerprint density at radius 3 is 2.21 bits per heavy atom. The Hall–Kier alpha value is -2.03. The largest absolute Gasteiger partial charge is 0.322 e. The topological polar surface area (TPSA) is 66.5 Å². The summed E-state index contributed by atoms with van der Waals surface area (Å²) in [6, 6.07) is 7.13. The molecule has 5 nitrogen and oxygen atoms in total. The Bertz CT molecular complexity index is 1020. The zero-order valence-corrected chi connectivity index (χ0v) is 17.5. The van der Waals surface area contributed by atoms with Gasteiger partial charge in [-0.1, -0.05) is 25.4 Å². The molecule has 0 bridgehead atoms. The molecule has 1 fully saturated rings. The van der Waals surface area contributed by atoms with Gasteiger partial charge in [-0.2, -0.15) is 4.31 Å². The van der Waals surface area contributed by atoms with Crippen LogP contribution in [0.4, 0.5) is 14.5 Å². The Morgan fingerprint density at radius 1 is 1.07 bits per heavy atom. The highest BCUT2D eigenvalue weighted by Gasteiger charge is 2.31. The minimum absolute atomic E-state index is 0.127. The van der Waals surface area contributed by atoms with Crippen LogP contribution in [0.5, 0.6) is 0 Å². The summed E-state index contributed by atoms with van der Waals surface area (Å²) in [5.41, 5.74) is 0.0775. The van der Waals surface area contributed by atoms with Gasteiger partial charge in [0.25, 0.3) is 5.91 Å². The lowest BCUT2D eigenvalue weighted by Crippen LogP contribution is -2.42. The summed E-state index contributed by atoms with van der Waals surface area (Å²) in [6.07, 6.45) is 0.990. The van der Waals surface area contributed by atoms with Crippen molar-refractivity contribution in [2.24, 2.45) is 11.8 Å². The van der Waals surface area contributed by atoms with Crippen molar-refractivity contribution in [1.82, 2.24) is 4.31 Å². The summed E-state index contributed by atoms with van der Waals surface area (Å²) in [6.45, 7) is 5.00. The van der Waals surface area contributed by atoms with E-state index in [9.17, 15) is 22.0 Å². The second-order valence-corrected chi connectivity index (χ2v) is 9.84. The van der Waals surface area contributed by atoms with E-state index in [1.165, 1.54) is 28.6 Å². The fraction of sp³-hybridized carbons (Fsp3) is 0.350. The van der Waals surface area contributed by atoms with Crippen LogP contribution in [-0.4, -0.2) is 31.7 Å². The van der Waals surface area contributed by atoms with E-state index in [4.69, 9.17) is 11.6 Å². The molecule has 1 aliphatic heterocycles. The first-order valence-corrected chi connectivity index (χ1v) is 11.0. The van der Waals surface area contributed by atoms with E-state index in [-0.39, 0.29) is 27.3 Å². The maximum absolute atomic E-state index is 13.4. The molecule has 0 aromatic heterocycles. The first-order chi connectivity index (χ1) is 13.6. The van der Waals surface area contributed by atoms with E-state index in [2.05, 4.69) is 5.32 Å². The number of anilines is 1. The highest BCUT2D eigenvalue weighted by molar-refractivity contribution is 7.89. The van der Waals surface area contributed by atoms with Crippen LogP contribution in [0.2, 0.25) is 5.02 Å². The van der Waals surface area contributed by atoms with Gasteiger partial charge in [0.15, 0.2) is 11.6 Å². The third-order valence-electron chi connectivity index (χ3n) is 4.84. The van der Waals surface area contributed by atoms with Gasteiger partial charge in [-0.15, -0.1) is 0 Å². The molecule has 1 heterocycles. The van der Waals surface area contributed by atoms with Gasteiger partial charge in [0, 0.05) is 18.8 Å². The van der Waals surface area contributed by atoms with E-state index in [1.54, 1.807) is 0 Å². The van der Waals surface area contributed by atoms with Crippen LogP contribution in [0.15, 0.2) is 41.3 Å². The van der Waals surface area contributed by atoms with Gasteiger partial charge in [0.05, 0.1) is 15.5 Å². The molecule has 1 N–H and O–H groups in total. The summed E-state index contributed by atoms with van der Waals surface area (Å²) in [5, 5.41) is 2.27. The summed E-state index contributed by atoms with van der Waals surface area (Å²) in [7, 11) is -3.63. The normalized spacial score (nSPS) is 20.4. The van der Waals surface area contributed by atoms with Gasteiger partial charge in [0.2, 0.25) is 10.0 Å². The molecule has 1 aliphatic rings. The average Bonchev–Trinajstić information content (AvgIpc) is 2.64. The van der Waals surface area contributed by atoms with E-state index in [0.29, 0.717) is 24.8 Å². The van der Waals surface area contributed by atoms with Crippen molar-refractivity contribution in [3.05, 3.63) is 58.6 Å². The number of hydrogen-bond donors (Lipinski definition) is 1. The van der Waals surface area contributed by atoms with Crippen LogP contribution >= 0.6 is 11.6 Å². The zero-order valence-electron chi connectivity index (χ0n) is 16.0. The van der Waals surface area contributed by atoms with Gasteiger partial charge in [-0.25, -0.2) is 17.2 Å². The number of amides is 1. The molecule has 156 valence electrons. The van der Waals surface area contributed by atoms with Crippen LogP contribution < -0.4 is 5.32 Å². The molecule has 2 unspecified atom stereocenters. The van der Waals surface area contributed by atoms with Gasteiger partial charge in [-0.3, -0.25) is 4.79 Å². The van der Waals surface area contributed by atoms with Crippen molar-refractivity contribution in [2.75, 3.05) is 18.4 Å². The summed E-state index contributed by atoms with van der Waals surface area (Å²) >= 11 is 5.80. The van der Waals surface area contributed by atoms with Crippen LogP contribution in [-0.2, 0) is 10.0 Å². The molecule has 1 saturated heterocycles. The molecular weight excluding hydrogens is 422 g/mol. The van der Waals surface area contributed by atoms with Gasteiger partial charge in [0.1, 0.15) is 0 Å². The van der Waals surface area contributed by atoms with E-state index >= 15 is 0 Å². The first kappa shape index (κ1) is 21.7. The first-order valence-electron chi connectivity index (χ1n) is 9.14. The van der Waals surface area contributed by atoms with Crippen molar-refractivity contribution in [3.8, 4) is 0 Å². The lowest BCUT2D eigenvalue weighted by Gasteiger charge is -2.34. The Balaban J connectivity index is 1.76. The van der Waals surface area contributed by atoms with E-state index < -0.39 is 27.6 Å². The minimum Gasteiger partial charge on any atom is -0.322 e. The van der Waals surface area contributed by atoms with Crippen LogP contribution in [0.3, 0.4) is 0 Å². The maximum atomic E-state index is 13.4. The van der Waals surface area contributed by atoms with Crippen LogP contribution in [0.1, 0.15) is 30.6 Å². The quantitative estimate of drug-likeness (QED) is 0.707. The third-order valence-corrected chi connectivity index (χ3v) is 7.00. The van der Waals surface area contributed by atoms with Gasteiger partial charge in [-0.05, 0) is 54.7 Å². The zero-order chi connectivity index (χ0) is 21.3. The number of sulfonamides is 1. The molecule has 3 rings (SSSR count). The summed E-state index contributed by atoms with van der Waals surface area (Å²) in [5.74, 6) is -2.50. The molecular formula is C20H21ClF2N2O3S. The molecule has 0 spiro atoms. The number of hydrogen-bond acceptors (Lipinski definition) is 3. The van der Waals surface area contributed by atoms with Crippen LogP contribution in [0, 0.1) is 23.5 Å². The lowest BCUT2D eigenvalue weighted by molar-refractivity contribution is 0.102. The average molecular weight is 443 g/mol. The second-order valence-electron chi connectivity index (χ2n) is 7.49. The summed E-state index contributed by atoms with van der Waals surface area (Å²) in [4.78, 5) is 12.4. The number of carbonyl (C=O) groups excluding carboxylic acids is 1. The van der Waals surface area contributed by atoms with E-state index in [1.807, 2.05) is 13.8 Å². The smallest absolute Gasteiger partial charge is 0.257 e. The SMILES string of the molecule is CC1CC(C)CN(S(=O)(=O)c2ccc(NC(=O)c3cc(F)c(F)cc3Cl)cc2)C1. The molecule has 2 atom stereocenters. The maximum Gasteiger partial charge on any atom is 0.257 e. The Kier molecular flexibility index (Phi) is 6.26. The molecule has 9 heteroatoms. The van der Waals surface area contributed by atoms with Crippen LogP contribution in [0.25, 0.3) is 0 Å². The monoisotopic (exact) mass is 442 g/mol. The molecule has 0 saturated carbocycles. The number of nitrogens with zero attached hydrogens (tertiary/aromatic N) is 1. The highest BCUT2D eigenvalue weighted by Crippen LogP contribution is 2.27. The standard InChI is InChI=1S/C20H21ClF2N2O3S/c1-12-7-13(2)11-25(10-12)29(27,28)15-5-3-14(4-6-15)24-20(26)16-8-18(22)19(23)9-17(16)21/h3-6,8-9,12-13H,7,10-11H2,1-2H3,(H,24,26). The second kappa shape index (κ2) is 8.38. The van der Waals surface area contributed by atoms with Gasteiger partial charge < -0.3 is 5.32 Å². The third kappa shape index (κ3) is 4.76. The minimum atomic E-state index is -3.63.